The molecule has 0 aromatic heterocycles. The Morgan fingerprint density at radius 2 is 2.07 bits per heavy atom. The van der Waals surface area contributed by atoms with E-state index < -0.39 is 6.86 Å². The summed E-state index contributed by atoms with van der Waals surface area (Å²) in [6, 6.07) is 5.20. The molecule has 14 heavy (non-hydrogen) atoms. The predicted molar refractivity (Wildman–Crippen MR) is 57.1 cm³/mol. The Morgan fingerprint density at radius 1 is 1.29 bits per heavy atom. The molecule has 0 fully saturated rings. The Morgan fingerprint density at radius 3 is 2.71 bits per heavy atom. The first-order valence-electron chi connectivity index (χ1n) is 4.30. The molecule has 0 amide bonds. The molecule has 0 aliphatic rings. The van der Waals surface area contributed by atoms with E-state index >= 15 is 0 Å². The minimum atomic E-state index is -0.838. The first kappa shape index (κ1) is 11.6. The average Bonchev–Trinajstić information content (AvgIpc) is 2.14. The van der Waals surface area contributed by atoms with Crippen LogP contribution in [0.25, 0.3) is 0 Å². The second-order valence-corrected chi connectivity index (χ2v) is 3.66. The highest BCUT2D eigenvalue weighted by atomic mass is 35.5. The molecule has 1 aromatic rings. The number of alkyl halides is 2. The minimum Gasteiger partial charge on any atom is -0.463 e. The van der Waals surface area contributed by atoms with Crippen molar-refractivity contribution >= 4 is 23.2 Å². The fourth-order valence-corrected chi connectivity index (χ4v) is 1.56. The molecule has 1 rings (SSSR count). The van der Waals surface area contributed by atoms with E-state index in [9.17, 15) is 4.39 Å². The first-order chi connectivity index (χ1) is 6.76. The van der Waals surface area contributed by atoms with Crippen LogP contribution in [0.15, 0.2) is 18.2 Å². The first-order valence-corrected chi connectivity index (χ1v) is 5.21. The Kier molecular flexibility index (Phi) is 5.05. The number of ether oxygens (including phenoxy) is 1. The molecule has 0 aliphatic heterocycles. The van der Waals surface area contributed by atoms with E-state index in [-0.39, 0.29) is 0 Å². The summed E-state index contributed by atoms with van der Waals surface area (Å²) in [6.07, 6.45) is 1.70. The molecular weight excluding hydrogens is 226 g/mol. The molecule has 0 spiro atoms. The molecule has 0 unspecified atom stereocenters. The van der Waals surface area contributed by atoms with E-state index in [1.165, 1.54) is 0 Å². The van der Waals surface area contributed by atoms with Gasteiger partial charge < -0.3 is 4.74 Å². The summed E-state index contributed by atoms with van der Waals surface area (Å²) in [5.74, 6) is 1.07. The highest BCUT2D eigenvalue weighted by Crippen LogP contribution is 2.22. The van der Waals surface area contributed by atoms with E-state index in [2.05, 4.69) is 0 Å². The van der Waals surface area contributed by atoms with Gasteiger partial charge in [-0.1, -0.05) is 11.6 Å². The molecule has 0 radical (unpaired) electrons. The van der Waals surface area contributed by atoms with Gasteiger partial charge in [0.1, 0.15) is 5.75 Å². The topological polar surface area (TPSA) is 9.23 Å². The fourth-order valence-electron chi connectivity index (χ4n) is 1.18. The maximum absolute atomic E-state index is 11.9. The van der Waals surface area contributed by atoms with Gasteiger partial charge in [0.15, 0.2) is 0 Å². The van der Waals surface area contributed by atoms with E-state index in [1.54, 1.807) is 12.1 Å². The zero-order valence-electron chi connectivity index (χ0n) is 7.60. The number of hydrogen-bond donors (Lipinski definition) is 0. The summed E-state index contributed by atoms with van der Waals surface area (Å²) >= 11 is 11.4. The smallest absolute Gasteiger partial charge is 0.228 e. The van der Waals surface area contributed by atoms with Crippen LogP contribution in [0.3, 0.4) is 0 Å². The molecule has 0 N–H and O–H groups in total. The van der Waals surface area contributed by atoms with Crippen LogP contribution in [-0.4, -0.2) is 12.7 Å². The largest absolute Gasteiger partial charge is 0.463 e. The molecule has 0 atom stereocenters. The van der Waals surface area contributed by atoms with Gasteiger partial charge in [-0.25, -0.2) is 4.39 Å². The summed E-state index contributed by atoms with van der Waals surface area (Å²) in [5.41, 5.74) is 1.02. The molecule has 0 aliphatic carbocycles. The highest BCUT2D eigenvalue weighted by molar-refractivity contribution is 6.30. The van der Waals surface area contributed by atoms with Gasteiger partial charge in [-0.05, 0) is 36.6 Å². The van der Waals surface area contributed by atoms with Gasteiger partial charge >= 0.3 is 0 Å². The molecule has 0 heterocycles. The van der Waals surface area contributed by atoms with Gasteiger partial charge in [0.2, 0.25) is 6.86 Å². The lowest BCUT2D eigenvalue weighted by Crippen LogP contribution is -1.92. The SMILES string of the molecule is FCOc1cc(Cl)cc(CCCCl)c1. The zero-order valence-corrected chi connectivity index (χ0v) is 9.11. The zero-order chi connectivity index (χ0) is 10.4. The second kappa shape index (κ2) is 6.10. The fraction of sp³-hybridized carbons (Fsp3) is 0.400. The van der Waals surface area contributed by atoms with Crippen molar-refractivity contribution in [3.05, 3.63) is 28.8 Å². The maximum Gasteiger partial charge on any atom is 0.228 e. The van der Waals surface area contributed by atoms with E-state index in [1.807, 2.05) is 6.07 Å². The average molecular weight is 237 g/mol. The van der Waals surface area contributed by atoms with Gasteiger partial charge in [0.05, 0.1) is 0 Å². The molecular formula is C10H11Cl2FO. The summed E-state index contributed by atoms with van der Waals surface area (Å²) in [6.45, 7) is -0.838. The highest BCUT2D eigenvalue weighted by Gasteiger charge is 2.00. The molecule has 4 heteroatoms. The van der Waals surface area contributed by atoms with Crippen LogP contribution >= 0.6 is 23.2 Å². The van der Waals surface area contributed by atoms with Crippen LogP contribution in [0.5, 0.6) is 5.75 Å². The molecule has 0 saturated carbocycles. The number of rotatable bonds is 5. The number of halogens is 3. The minimum absolute atomic E-state index is 0.463. The van der Waals surface area contributed by atoms with Crippen molar-refractivity contribution in [3.63, 3.8) is 0 Å². The lowest BCUT2D eigenvalue weighted by atomic mass is 10.1. The Bertz CT molecular complexity index is 291. The van der Waals surface area contributed by atoms with Crippen LogP contribution in [0.1, 0.15) is 12.0 Å². The Balaban J connectivity index is 2.73. The molecule has 1 aromatic carbocycles. The summed E-state index contributed by atoms with van der Waals surface area (Å²) < 4.78 is 16.6. The molecule has 1 nitrogen and oxygen atoms in total. The summed E-state index contributed by atoms with van der Waals surface area (Å²) in [4.78, 5) is 0. The van der Waals surface area contributed by atoms with E-state index in [0.29, 0.717) is 16.7 Å². The Labute approximate surface area is 92.8 Å². The maximum atomic E-state index is 11.9. The molecule has 78 valence electrons. The lowest BCUT2D eigenvalue weighted by Gasteiger charge is -2.05. The third kappa shape index (κ3) is 3.72. The van der Waals surface area contributed by atoms with Crippen molar-refractivity contribution in [2.75, 3.05) is 12.7 Å². The van der Waals surface area contributed by atoms with Crippen molar-refractivity contribution in [2.24, 2.45) is 0 Å². The van der Waals surface area contributed by atoms with Crippen molar-refractivity contribution in [1.29, 1.82) is 0 Å². The van der Waals surface area contributed by atoms with Crippen LogP contribution in [0.4, 0.5) is 4.39 Å². The molecule has 0 bridgehead atoms. The monoisotopic (exact) mass is 236 g/mol. The van der Waals surface area contributed by atoms with Crippen LogP contribution in [0.2, 0.25) is 5.02 Å². The standard InChI is InChI=1S/C10H11Cl2FO/c11-3-1-2-8-4-9(12)6-10(5-8)14-7-13/h4-6H,1-3,7H2. The number of benzene rings is 1. The van der Waals surface area contributed by atoms with Gasteiger partial charge in [-0.2, -0.15) is 0 Å². The lowest BCUT2D eigenvalue weighted by molar-refractivity contribution is 0.191. The van der Waals surface area contributed by atoms with Crippen molar-refractivity contribution in [3.8, 4) is 5.75 Å². The van der Waals surface area contributed by atoms with E-state index in [0.717, 1.165) is 18.4 Å². The third-order valence-electron chi connectivity index (χ3n) is 1.75. The van der Waals surface area contributed by atoms with Crippen LogP contribution in [0, 0.1) is 0 Å². The van der Waals surface area contributed by atoms with Crippen molar-refractivity contribution in [2.45, 2.75) is 12.8 Å². The third-order valence-corrected chi connectivity index (χ3v) is 2.24. The quantitative estimate of drug-likeness (QED) is 0.707. The van der Waals surface area contributed by atoms with Gasteiger partial charge in [-0.15, -0.1) is 11.6 Å². The molecule has 0 saturated heterocycles. The second-order valence-electron chi connectivity index (χ2n) is 2.84. The normalized spacial score (nSPS) is 10.2. The van der Waals surface area contributed by atoms with Crippen molar-refractivity contribution in [1.82, 2.24) is 0 Å². The number of aryl methyl sites for hydroxylation is 1. The summed E-state index contributed by atoms with van der Waals surface area (Å²) in [7, 11) is 0. The Hall–Kier alpha value is -0.470. The van der Waals surface area contributed by atoms with Gasteiger partial charge in [0, 0.05) is 10.9 Å². The summed E-state index contributed by atoms with van der Waals surface area (Å²) in [5, 5.41) is 0.556. The van der Waals surface area contributed by atoms with E-state index in [4.69, 9.17) is 27.9 Å². The predicted octanol–water partition coefficient (Wildman–Crippen LogP) is 3.82. The van der Waals surface area contributed by atoms with Crippen LogP contribution in [-0.2, 0) is 6.42 Å². The number of hydrogen-bond acceptors (Lipinski definition) is 1. The van der Waals surface area contributed by atoms with Crippen LogP contribution < -0.4 is 4.74 Å². The van der Waals surface area contributed by atoms with Gasteiger partial charge in [-0.3, -0.25) is 0 Å². The van der Waals surface area contributed by atoms with Gasteiger partial charge in [0.25, 0.3) is 0 Å². The van der Waals surface area contributed by atoms with Crippen molar-refractivity contribution < 1.29 is 9.13 Å².